The van der Waals surface area contributed by atoms with Crippen LogP contribution in [0.15, 0.2) is 53.6 Å². The Morgan fingerprint density at radius 2 is 1.85 bits per heavy atom. The van der Waals surface area contributed by atoms with E-state index in [4.69, 9.17) is 9.47 Å². The minimum atomic E-state index is -1.42. The first-order valence-corrected chi connectivity index (χ1v) is 12.0. The molecule has 3 heterocycles. The van der Waals surface area contributed by atoms with Crippen LogP contribution in [0, 0.1) is 0 Å². The van der Waals surface area contributed by atoms with E-state index in [2.05, 4.69) is 10.4 Å². The zero-order valence-electron chi connectivity index (χ0n) is 18.8. The number of hydrazone groups is 1. The number of hydrogen-bond donors (Lipinski definition) is 1. The summed E-state index contributed by atoms with van der Waals surface area (Å²) in [6.07, 6.45) is 0.0157. The number of para-hydroxylation sites is 3. The second-order valence-electron chi connectivity index (χ2n) is 8.04. The van der Waals surface area contributed by atoms with E-state index in [0.29, 0.717) is 22.7 Å². The lowest BCUT2D eigenvalue weighted by molar-refractivity contribution is -0.140. The number of benzene rings is 2. The van der Waals surface area contributed by atoms with E-state index in [0.717, 1.165) is 11.8 Å². The number of hydrogen-bond acceptors (Lipinski definition) is 7. The van der Waals surface area contributed by atoms with Crippen LogP contribution in [0.25, 0.3) is 0 Å². The third-order valence-electron chi connectivity index (χ3n) is 5.89. The van der Waals surface area contributed by atoms with Gasteiger partial charge in [-0.2, -0.15) is 5.01 Å². The summed E-state index contributed by atoms with van der Waals surface area (Å²) in [6.45, 7) is 3.96. The minimum Gasteiger partial charge on any atom is -0.486 e. The van der Waals surface area contributed by atoms with Crippen molar-refractivity contribution in [2.45, 2.75) is 37.7 Å². The van der Waals surface area contributed by atoms with Crippen molar-refractivity contribution in [2.75, 3.05) is 18.1 Å². The number of carbonyl (C=O) groups excluding carboxylic acids is 3. The highest BCUT2D eigenvalue weighted by Gasteiger charge is 2.61. The summed E-state index contributed by atoms with van der Waals surface area (Å²) in [6, 6.07) is 14.7. The van der Waals surface area contributed by atoms with Crippen LogP contribution in [0.5, 0.6) is 11.5 Å². The number of amides is 3. The lowest BCUT2D eigenvalue weighted by Crippen LogP contribution is -2.51. The first kappa shape index (κ1) is 22.3. The Bertz CT molecular complexity index is 1200. The molecular formula is C24H24N4O5S. The fourth-order valence-electron chi connectivity index (χ4n) is 4.25. The molecule has 3 aliphatic rings. The van der Waals surface area contributed by atoms with Crippen LogP contribution in [0.2, 0.25) is 0 Å². The molecule has 0 saturated heterocycles. The van der Waals surface area contributed by atoms with Crippen molar-refractivity contribution in [3.8, 4) is 11.5 Å². The van der Waals surface area contributed by atoms with Crippen molar-refractivity contribution >= 4 is 40.3 Å². The summed E-state index contributed by atoms with van der Waals surface area (Å²) in [4.78, 5) is 39.2. The molecule has 2 atom stereocenters. The van der Waals surface area contributed by atoms with Crippen molar-refractivity contribution in [2.24, 2.45) is 5.10 Å². The minimum absolute atomic E-state index is 0.159. The molecule has 0 fully saturated rings. The van der Waals surface area contributed by atoms with Gasteiger partial charge in [-0.15, -0.1) is 5.10 Å². The third-order valence-corrected chi connectivity index (χ3v) is 7.13. The molecule has 1 N–H and O–H groups in total. The second kappa shape index (κ2) is 8.68. The highest BCUT2D eigenvalue weighted by molar-refractivity contribution is 8.15. The quantitative estimate of drug-likeness (QED) is 0.722. The molecule has 34 heavy (non-hydrogen) atoms. The van der Waals surface area contributed by atoms with Crippen LogP contribution in [-0.2, 0) is 19.3 Å². The van der Waals surface area contributed by atoms with E-state index < -0.39 is 11.0 Å². The first-order valence-electron chi connectivity index (χ1n) is 11.2. The molecule has 0 radical (unpaired) electrons. The van der Waals surface area contributed by atoms with Crippen LogP contribution in [-0.4, -0.2) is 47.2 Å². The van der Waals surface area contributed by atoms with Gasteiger partial charge in [-0.3, -0.25) is 14.4 Å². The maximum Gasteiger partial charge on any atom is 0.270 e. The fourth-order valence-corrected chi connectivity index (χ4v) is 5.52. The third kappa shape index (κ3) is 3.49. The number of fused-ring (bicyclic) bond motifs is 3. The Kier molecular flexibility index (Phi) is 5.68. The second-order valence-corrected chi connectivity index (χ2v) is 9.22. The summed E-state index contributed by atoms with van der Waals surface area (Å²) in [5, 5.41) is 8.53. The topological polar surface area (TPSA) is 101 Å². The van der Waals surface area contributed by atoms with Gasteiger partial charge in [0, 0.05) is 18.4 Å². The van der Waals surface area contributed by atoms with Gasteiger partial charge in [0.15, 0.2) is 22.8 Å². The molecule has 1 spiro atoms. The van der Waals surface area contributed by atoms with Crippen LogP contribution in [0.1, 0.15) is 32.3 Å². The molecule has 5 rings (SSSR count). The Labute approximate surface area is 201 Å². The fraction of sp³-hybridized carbons (Fsp3) is 0.333. The summed E-state index contributed by atoms with van der Waals surface area (Å²) >= 11 is 1.08. The number of amidine groups is 1. The maximum absolute atomic E-state index is 14.1. The molecule has 0 aromatic heterocycles. The summed E-state index contributed by atoms with van der Waals surface area (Å²) in [5.74, 6) is 0.421. The van der Waals surface area contributed by atoms with Gasteiger partial charge in [-0.25, -0.2) is 0 Å². The van der Waals surface area contributed by atoms with Gasteiger partial charge in [-0.1, -0.05) is 44.2 Å². The number of thioether (sulfide) groups is 1. The molecular weight excluding hydrogens is 456 g/mol. The number of nitrogens with zero attached hydrogens (tertiary/aromatic N) is 3. The van der Waals surface area contributed by atoms with Gasteiger partial charge in [0.25, 0.3) is 5.91 Å². The predicted octanol–water partition coefficient (Wildman–Crippen LogP) is 2.81. The molecule has 0 bridgehead atoms. The van der Waals surface area contributed by atoms with Gasteiger partial charge in [0.2, 0.25) is 16.7 Å². The molecule has 0 aliphatic carbocycles. The van der Waals surface area contributed by atoms with E-state index in [1.54, 1.807) is 18.7 Å². The monoisotopic (exact) mass is 480 g/mol. The zero-order valence-corrected chi connectivity index (χ0v) is 19.6. The normalized spacial score (nSPS) is 22.6. The molecule has 2 aromatic carbocycles. The Morgan fingerprint density at radius 1 is 1.12 bits per heavy atom. The standard InChI is InChI=1S/C24H24N4O5S/c1-3-20(29)25-23-26-28(21(30)4-2)24(34-23)16-9-5-6-10-17(16)27(22(24)31)13-15-14-32-18-11-7-8-12-19(18)33-15/h5-12,15H,3-4,13-14H2,1-2H3,(H,25,26,29)/t15-,24-/m0/s1. The van der Waals surface area contributed by atoms with Gasteiger partial charge in [0.1, 0.15) is 6.61 Å². The van der Waals surface area contributed by atoms with Gasteiger partial charge >= 0.3 is 0 Å². The SMILES string of the molecule is CCC(=O)NC1=NN(C(=O)CC)[C@@]2(S1)C(=O)N(C[C@H]1COc3ccccc3O1)c1ccccc12. The number of nitrogens with one attached hydrogen (secondary N) is 1. The Balaban J connectivity index is 1.49. The van der Waals surface area contributed by atoms with Crippen LogP contribution >= 0.6 is 11.8 Å². The van der Waals surface area contributed by atoms with Gasteiger partial charge < -0.3 is 19.7 Å². The summed E-state index contributed by atoms with van der Waals surface area (Å²) in [7, 11) is 0. The van der Waals surface area contributed by atoms with E-state index in [1.165, 1.54) is 5.01 Å². The predicted molar refractivity (Wildman–Crippen MR) is 127 cm³/mol. The number of carbonyl (C=O) groups is 3. The Morgan fingerprint density at radius 3 is 2.62 bits per heavy atom. The molecule has 3 amide bonds. The van der Waals surface area contributed by atoms with Crippen LogP contribution in [0.3, 0.4) is 0 Å². The van der Waals surface area contributed by atoms with Crippen LogP contribution < -0.4 is 19.7 Å². The molecule has 0 unspecified atom stereocenters. The van der Waals surface area contributed by atoms with Crippen molar-refractivity contribution < 1.29 is 23.9 Å². The van der Waals surface area contributed by atoms with Gasteiger partial charge in [0.05, 0.1) is 12.2 Å². The van der Waals surface area contributed by atoms with E-state index in [9.17, 15) is 14.4 Å². The lowest BCUT2D eigenvalue weighted by atomic mass is 10.1. The molecule has 2 aromatic rings. The highest BCUT2D eigenvalue weighted by Crippen LogP contribution is 2.54. The molecule has 0 saturated carbocycles. The van der Waals surface area contributed by atoms with Crippen LogP contribution in [0.4, 0.5) is 5.69 Å². The first-order chi connectivity index (χ1) is 16.5. The molecule has 3 aliphatic heterocycles. The van der Waals surface area contributed by atoms with Crippen molar-refractivity contribution in [1.82, 2.24) is 10.3 Å². The number of anilines is 1. The van der Waals surface area contributed by atoms with Crippen molar-refractivity contribution in [1.29, 1.82) is 0 Å². The van der Waals surface area contributed by atoms with E-state index >= 15 is 0 Å². The highest BCUT2D eigenvalue weighted by atomic mass is 32.2. The largest absolute Gasteiger partial charge is 0.486 e. The average molecular weight is 481 g/mol. The van der Waals surface area contributed by atoms with Crippen molar-refractivity contribution in [3.05, 3.63) is 54.1 Å². The Hall–Kier alpha value is -3.53. The zero-order chi connectivity index (χ0) is 23.9. The lowest BCUT2D eigenvalue weighted by Gasteiger charge is -2.32. The van der Waals surface area contributed by atoms with E-state index in [-0.39, 0.29) is 48.9 Å². The smallest absolute Gasteiger partial charge is 0.270 e. The van der Waals surface area contributed by atoms with Gasteiger partial charge in [-0.05, 0) is 30.0 Å². The molecule has 10 heteroatoms. The van der Waals surface area contributed by atoms with E-state index in [1.807, 2.05) is 48.5 Å². The number of ether oxygens (including phenoxy) is 2. The summed E-state index contributed by atoms with van der Waals surface area (Å²) in [5.41, 5.74) is 1.32. The molecule has 9 nitrogen and oxygen atoms in total. The molecule has 176 valence electrons. The van der Waals surface area contributed by atoms with Crippen molar-refractivity contribution in [3.63, 3.8) is 0 Å². The summed E-state index contributed by atoms with van der Waals surface area (Å²) < 4.78 is 11.9. The number of rotatable bonds is 4. The average Bonchev–Trinajstić information content (AvgIpc) is 3.35. The maximum atomic E-state index is 14.1.